The van der Waals surface area contributed by atoms with E-state index in [1.165, 1.54) is 17.0 Å². The Kier molecular flexibility index (Phi) is 6.30. The second-order valence-corrected chi connectivity index (χ2v) is 6.56. The lowest BCUT2D eigenvalue weighted by molar-refractivity contribution is -0.903. The smallest absolute Gasteiger partial charge is 0.137 e. The fourth-order valence-electron chi connectivity index (χ4n) is 3.19. The SMILES string of the molecule is COc1ccc(OC[C@H](O)C[NH+]2CCN(c3ccc(F)cc3)CC2)cc1. The lowest BCUT2D eigenvalue weighted by atomic mass is 10.2. The molecule has 0 saturated carbocycles. The summed E-state index contributed by atoms with van der Waals surface area (Å²) in [4.78, 5) is 3.61. The molecule has 26 heavy (non-hydrogen) atoms. The Bertz CT molecular complexity index is 670. The lowest BCUT2D eigenvalue weighted by Gasteiger charge is -2.34. The molecule has 6 heteroatoms. The fraction of sp³-hybridized carbons (Fsp3) is 0.400. The summed E-state index contributed by atoms with van der Waals surface area (Å²) in [6.45, 7) is 4.61. The molecule has 0 bridgehead atoms. The number of piperazine rings is 1. The molecule has 2 N–H and O–H groups in total. The molecule has 1 aliphatic heterocycles. The molecule has 0 unspecified atom stereocenters. The predicted molar refractivity (Wildman–Crippen MR) is 98.7 cm³/mol. The molecule has 2 aromatic carbocycles. The van der Waals surface area contributed by atoms with E-state index in [2.05, 4.69) is 4.90 Å². The third kappa shape index (κ3) is 5.09. The van der Waals surface area contributed by atoms with Crippen molar-refractivity contribution in [1.82, 2.24) is 0 Å². The van der Waals surface area contributed by atoms with Crippen molar-refractivity contribution < 1.29 is 23.9 Å². The van der Waals surface area contributed by atoms with Crippen molar-refractivity contribution >= 4 is 5.69 Å². The summed E-state index contributed by atoms with van der Waals surface area (Å²) in [7, 11) is 1.62. The molecule has 1 saturated heterocycles. The average Bonchev–Trinajstić information content (AvgIpc) is 2.68. The van der Waals surface area contributed by atoms with Crippen molar-refractivity contribution in [3.05, 3.63) is 54.3 Å². The molecule has 1 aliphatic rings. The number of aliphatic hydroxyl groups excluding tert-OH is 1. The van der Waals surface area contributed by atoms with Crippen molar-refractivity contribution in [3.63, 3.8) is 0 Å². The number of anilines is 1. The maximum atomic E-state index is 13.0. The minimum atomic E-state index is -0.510. The van der Waals surface area contributed by atoms with Gasteiger partial charge >= 0.3 is 0 Å². The van der Waals surface area contributed by atoms with Crippen LogP contribution in [-0.2, 0) is 0 Å². The van der Waals surface area contributed by atoms with Gasteiger partial charge in [0.15, 0.2) is 0 Å². The number of benzene rings is 2. The summed E-state index contributed by atoms with van der Waals surface area (Å²) in [5, 5.41) is 10.3. The maximum Gasteiger partial charge on any atom is 0.137 e. The largest absolute Gasteiger partial charge is 0.497 e. The first-order valence-electron chi connectivity index (χ1n) is 8.93. The molecule has 5 nitrogen and oxygen atoms in total. The number of aliphatic hydroxyl groups is 1. The molecule has 2 aromatic rings. The monoisotopic (exact) mass is 361 g/mol. The van der Waals surface area contributed by atoms with Gasteiger partial charge in [-0.1, -0.05) is 0 Å². The Morgan fingerprint density at radius 2 is 1.65 bits per heavy atom. The molecular weight excluding hydrogens is 335 g/mol. The minimum absolute atomic E-state index is 0.210. The molecular formula is C20H26FN2O3+. The van der Waals surface area contributed by atoms with Crippen LogP contribution in [0, 0.1) is 5.82 Å². The highest BCUT2D eigenvalue weighted by molar-refractivity contribution is 5.46. The maximum absolute atomic E-state index is 13.0. The molecule has 0 spiro atoms. The number of nitrogens with one attached hydrogen (secondary N) is 1. The van der Waals surface area contributed by atoms with Crippen molar-refractivity contribution in [2.45, 2.75) is 6.10 Å². The molecule has 3 rings (SSSR count). The van der Waals surface area contributed by atoms with Crippen molar-refractivity contribution in [3.8, 4) is 11.5 Å². The normalized spacial score (nSPS) is 16.3. The van der Waals surface area contributed by atoms with Gasteiger partial charge in [-0.25, -0.2) is 4.39 Å². The molecule has 0 radical (unpaired) electrons. The molecule has 0 amide bonds. The van der Waals surface area contributed by atoms with E-state index in [9.17, 15) is 9.50 Å². The van der Waals surface area contributed by atoms with Crippen LogP contribution in [0.3, 0.4) is 0 Å². The summed E-state index contributed by atoms with van der Waals surface area (Å²) in [5.74, 6) is 1.29. The van der Waals surface area contributed by atoms with Crippen LogP contribution in [0.5, 0.6) is 11.5 Å². The number of rotatable bonds is 7. The fourth-order valence-corrected chi connectivity index (χ4v) is 3.19. The van der Waals surface area contributed by atoms with Crippen molar-refractivity contribution in [2.24, 2.45) is 0 Å². The third-order valence-corrected chi connectivity index (χ3v) is 4.69. The molecule has 1 heterocycles. The van der Waals surface area contributed by atoms with E-state index in [1.807, 2.05) is 36.4 Å². The second kappa shape index (κ2) is 8.87. The number of hydrogen-bond donors (Lipinski definition) is 2. The molecule has 0 aliphatic carbocycles. The van der Waals surface area contributed by atoms with E-state index < -0.39 is 6.10 Å². The number of methoxy groups -OCH3 is 1. The van der Waals surface area contributed by atoms with Crippen molar-refractivity contribution in [1.29, 1.82) is 0 Å². The van der Waals surface area contributed by atoms with Crippen LogP contribution in [0.15, 0.2) is 48.5 Å². The van der Waals surface area contributed by atoms with E-state index >= 15 is 0 Å². The Morgan fingerprint density at radius 3 is 2.27 bits per heavy atom. The topological polar surface area (TPSA) is 46.4 Å². The van der Waals surface area contributed by atoms with E-state index in [1.54, 1.807) is 7.11 Å². The number of halogens is 1. The summed E-state index contributed by atoms with van der Waals surface area (Å²) >= 11 is 0. The van der Waals surface area contributed by atoms with Gasteiger partial charge in [-0.15, -0.1) is 0 Å². The first-order valence-corrected chi connectivity index (χ1v) is 8.93. The Morgan fingerprint density at radius 1 is 1.04 bits per heavy atom. The first-order chi connectivity index (χ1) is 12.6. The van der Waals surface area contributed by atoms with Crippen LogP contribution in [0.4, 0.5) is 10.1 Å². The third-order valence-electron chi connectivity index (χ3n) is 4.69. The quantitative estimate of drug-likeness (QED) is 0.772. The highest BCUT2D eigenvalue weighted by atomic mass is 19.1. The standard InChI is InChI=1S/C20H25FN2O3/c1-25-19-6-8-20(9-7-19)26-15-18(24)14-22-10-12-23(13-11-22)17-4-2-16(21)3-5-17/h2-9,18,24H,10-15H2,1H3/p+1/t18-/m1/s1. The van der Waals surface area contributed by atoms with E-state index in [0.29, 0.717) is 6.54 Å². The van der Waals surface area contributed by atoms with Gasteiger partial charge in [0, 0.05) is 5.69 Å². The van der Waals surface area contributed by atoms with Crippen LogP contribution < -0.4 is 19.3 Å². The predicted octanol–water partition coefficient (Wildman–Crippen LogP) is 0.979. The van der Waals surface area contributed by atoms with Gasteiger partial charge in [-0.2, -0.15) is 0 Å². The highest BCUT2D eigenvalue weighted by Crippen LogP contribution is 2.17. The molecule has 1 fully saturated rings. The van der Waals surface area contributed by atoms with Crippen LogP contribution in [0.1, 0.15) is 0 Å². The number of quaternary nitrogens is 1. The van der Waals surface area contributed by atoms with Crippen molar-refractivity contribution in [2.75, 3.05) is 51.3 Å². The average molecular weight is 361 g/mol. The Hall–Kier alpha value is -2.31. The van der Waals surface area contributed by atoms with Gasteiger partial charge in [0.1, 0.15) is 36.6 Å². The molecule has 0 aromatic heterocycles. The molecule has 1 atom stereocenters. The summed E-state index contributed by atoms with van der Waals surface area (Å²) in [6.07, 6.45) is -0.510. The first kappa shape index (κ1) is 18.5. The summed E-state index contributed by atoms with van der Waals surface area (Å²) in [5.41, 5.74) is 1.05. The minimum Gasteiger partial charge on any atom is -0.497 e. The van der Waals surface area contributed by atoms with Gasteiger partial charge in [0.2, 0.25) is 0 Å². The zero-order chi connectivity index (χ0) is 18.4. The zero-order valence-electron chi connectivity index (χ0n) is 15.0. The van der Waals surface area contributed by atoms with Crippen LogP contribution in [0.25, 0.3) is 0 Å². The Labute approximate surface area is 153 Å². The van der Waals surface area contributed by atoms with Crippen LogP contribution >= 0.6 is 0 Å². The van der Waals surface area contributed by atoms with Gasteiger partial charge in [-0.3, -0.25) is 0 Å². The highest BCUT2D eigenvalue weighted by Gasteiger charge is 2.22. The van der Waals surface area contributed by atoms with Gasteiger partial charge < -0.3 is 24.4 Å². The van der Waals surface area contributed by atoms with Gasteiger partial charge in [-0.05, 0) is 48.5 Å². The number of hydrogen-bond acceptors (Lipinski definition) is 4. The summed E-state index contributed by atoms with van der Waals surface area (Å²) < 4.78 is 23.8. The van der Waals surface area contributed by atoms with E-state index in [-0.39, 0.29) is 12.4 Å². The van der Waals surface area contributed by atoms with E-state index in [0.717, 1.165) is 43.4 Å². The lowest BCUT2D eigenvalue weighted by Crippen LogP contribution is -3.16. The van der Waals surface area contributed by atoms with E-state index in [4.69, 9.17) is 9.47 Å². The van der Waals surface area contributed by atoms with Crippen LogP contribution in [-0.4, -0.2) is 57.7 Å². The molecule has 140 valence electrons. The Balaban J connectivity index is 1.40. The second-order valence-electron chi connectivity index (χ2n) is 6.56. The number of ether oxygens (including phenoxy) is 2. The van der Waals surface area contributed by atoms with Gasteiger partial charge in [0.25, 0.3) is 0 Å². The van der Waals surface area contributed by atoms with Crippen LogP contribution in [0.2, 0.25) is 0 Å². The number of nitrogens with zero attached hydrogens (tertiary/aromatic N) is 1. The van der Waals surface area contributed by atoms with Gasteiger partial charge in [0.05, 0.1) is 33.3 Å². The zero-order valence-corrected chi connectivity index (χ0v) is 15.0. The summed E-state index contributed by atoms with van der Waals surface area (Å²) in [6, 6.07) is 14.0.